The molecule has 2 amide bonds. The van der Waals surface area contributed by atoms with Gasteiger partial charge in [-0.05, 0) is 51.0 Å². The highest BCUT2D eigenvalue weighted by molar-refractivity contribution is 6.07. The van der Waals surface area contributed by atoms with Crippen LogP contribution in [0.1, 0.15) is 41.7 Å². The largest absolute Gasteiger partial charge is 0.387 e. The van der Waals surface area contributed by atoms with Crippen LogP contribution in [0.5, 0.6) is 0 Å². The van der Waals surface area contributed by atoms with Crippen LogP contribution in [0, 0.1) is 6.92 Å². The number of nitrogens with one attached hydrogen (secondary N) is 1. The molecule has 5 rings (SSSR count). The molecule has 0 unspecified atom stereocenters. The van der Waals surface area contributed by atoms with Gasteiger partial charge in [-0.2, -0.15) is 0 Å². The molecule has 1 aliphatic heterocycles. The fourth-order valence-electron chi connectivity index (χ4n) is 5.64. The number of hydrogen-bond donors (Lipinski definition) is 2. The molecule has 12 nitrogen and oxygen atoms in total. The highest BCUT2D eigenvalue weighted by Crippen LogP contribution is 2.28. The van der Waals surface area contributed by atoms with Crippen molar-refractivity contribution in [3.05, 3.63) is 72.8 Å². The molecular weight excluding hydrogens is 516 g/mol. The van der Waals surface area contributed by atoms with E-state index in [4.69, 9.17) is 0 Å². The number of carbonyl (C=O) groups excluding carboxylic acids is 2. The Bertz CT molecular complexity index is 1850. The average Bonchev–Trinajstić information content (AvgIpc) is 3.19. The lowest BCUT2D eigenvalue weighted by Gasteiger charge is -2.33. The van der Waals surface area contributed by atoms with Crippen molar-refractivity contribution in [3.63, 3.8) is 0 Å². The van der Waals surface area contributed by atoms with Gasteiger partial charge >= 0.3 is 11.4 Å². The first-order chi connectivity index (χ1) is 19.1. The summed E-state index contributed by atoms with van der Waals surface area (Å²) in [6, 6.07) is 8.19. The molecule has 40 heavy (non-hydrogen) atoms. The fraction of sp³-hybridized carbons (Fsp3) is 0.393. The van der Waals surface area contributed by atoms with Gasteiger partial charge in [-0.25, -0.2) is 9.59 Å². The zero-order valence-corrected chi connectivity index (χ0v) is 22.9. The van der Waals surface area contributed by atoms with Gasteiger partial charge in [0.1, 0.15) is 6.61 Å². The summed E-state index contributed by atoms with van der Waals surface area (Å²) in [6.07, 6.45) is 0.785. The number of fused-ring (bicyclic) bond motifs is 2. The van der Waals surface area contributed by atoms with Crippen LogP contribution in [0.2, 0.25) is 0 Å². The van der Waals surface area contributed by atoms with Crippen molar-refractivity contribution in [2.24, 2.45) is 14.1 Å². The number of nitrogens with zero attached hydrogens (tertiary/aromatic N) is 5. The van der Waals surface area contributed by atoms with Gasteiger partial charge in [0.2, 0.25) is 5.91 Å². The Labute approximate surface area is 228 Å². The molecule has 210 valence electrons. The van der Waals surface area contributed by atoms with Crippen molar-refractivity contribution in [1.82, 2.24) is 23.2 Å². The molecule has 2 aromatic heterocycles. The number of aliphatic hydroxyl groups excluding tert-OH is 1. The summed E-state index contributed by atoms with van der Waals surface area (Å²) in [5.74, 6) is -1.05. The maximum atomic E-state index is 13.8. The van der Waals surface area contributed by atoms with Crippen molar-refractivity contribution in [2.45, 2.75) is 39.3 Å². The third-order valence-electron chi connectivity index (χ3n) is 7.82. The van der Waals surface area contributed by atoms with Crippen LogP contribution in [-0.4, -0.2) is 59.8 Å². The average molecular weight is 549 g/mol. The van der Waals surface area contributed by atoms with Crippen LogP contribution in [0.25, 0.3) is 21.9 Å². The van der Waals surface area contributed by atoms with Gasteiger partial charge in [0.15, 0.2) is 0 Å². The summed E-state index contributed by atoms with van der Waals surface area (Å²) in [6.45, 7) is 3.92. The predicted octanol–water partition coefficient (Wildman–Crippen LogP) is 1.09. The van der Waals surface area contributed by atoms with Gasteiger partial charge < -0.3 is 15.3 Å². The monoisotopic (exact) mass is 548 g/mol. The lowest BCUT2D eigenvalue weighted by Crippen LogP contribution is -2.46. The Morgan fingerprint density at radius 3 is 2.27 bits per heavy atom. The number of aliphatic hydroxyl groups is 1. The first-order valence-electron chi connectivity index (χ1n) is 13.2. The normalized spacial score (nSPS) is 14.3. The topological polar surface area (TPSA) is 141 Å². The fourth-order valence-corrected chi connectivity index (χ4v) is 5.64. The Kier molecular flexibility index (Phi) is 6.96. The van der Waals surface area contributed by atoms with E-state index in [2.05, 4.69) is 5.32 Å². The molecule has 12 heteroatoms. The van der Waals surface area contributed by atoms with E-state index in [0.29, 0.717) is 41.3 Å². The van der Waals surface area contributed by atoms with Crippen LogP contribution in [0.15, 0.2) is 44.7 Å². The molecule has 0 bridgehead atoms. The molecular formula is C28H32N6O6. The zero-order chi connectivity index (χ0) is 28.9. The molecule has 0 saturated carbocycles. The minimum Gasteiger partial charge on any atom is -0.387 e. The van der Waals surface area contributed by atoms with Crippen LogP contribution in [0.4, 0.5) is 5.69 Å². The molecule has 1 saturated heterocycles. The molecule has 0 spiro atoms. The SMILES string of the molecule is CCn1c(=O)n(C)c2cc(NC(=O)CO)c(C(=O)N3CCC(n4c(=O)c5cc(C)ccc5n(C)c4=O)CC3)cc21. The first-order valence-corrected chi connectivity index (χ1v) is 13.2. The number of likely N-dealkylation sites (tertiary alicyclic amines) is 1. The van der Waals surface area contributed by atoms with Crippen molar-refractivity contribution in [2.75, 3.05) is 25.0 Å². The predicted molar refractivity (Wildman–Crippen MR) is 151 cm³/mol. The lowest BCUT2D eigenvalue weighted by atomic mass is 10.0. The molecule has 0 radical (unpaired) electrons. The Balaban J connectivity index is 1.48. The number of anilines is 1. The van der Waals surface area contributed by atoms with Crippen LogP contribution in [-0.2, 0) is 25.4 Å². The van der Waals surface area contributed by atoms with E-state index in [0.717, 1.165) is 5.56 Å². The maximum Gasteiger partial charge on any atom is 0.331 e. The lowest BCUT2D eigenvalue weighted by molar-refractivity contribution is -0.118. The van der Waals surface area contributed by atoms with Crippen LogP contribution in [0.3, 0.4) is 0 Å². The minimum atomic E-state index is -0.763. The number of amides is 2. The first kappa shape index (κ1) is 27.1. The highest BCUT2D eigenvalue weighted by atomic mass is 16.3. The smallest absolute Gasteiger partial charge is 0.331 e. The molecule has 1 aliphatic rings. The number of rotatable bonds is 5. The second-order valence-corrected chi connectivity index (χ2v) is 10.2. The summed E-state index contributed by atoms with van der Waals surface area (Å²) in [5, 5.41) is 12.3. The molecule has 4 aromatic rings. The van der Waals surface area contributed by atoms with Gasteiger partial charge in [-0.3, -0.25) is 32.7 Å². The van der Waals surface area contributed by atoms with Gasteiger partial charge in [-0.1, -0.05) is 11.6 Å². The molecule has 0 aliphatic carbocycles. The summed E-state index contributed by atoms with van der Waals surface area (Å²) in [5.41, 5.74) is 1.98. The molecule has 0 atom stereocenters. The molecule has 1 fully saturated rings. The standard InChI is InChI=1S/C28H32N6O6/c1-5-33-23-13-18(20(29-24(36)15-35)14-22(23)31(4)27(33)39)25(37)32-10-8-17(9-11-32)34-26(38)19-12-16(2)6-7-21(19)30(3)28(34)40/h6-7,12-14,17,35H,5,8-11,15H2,1-4H3,(H,29,36). The van der Waals surface area contributed by atoms with E-state index in [1.165, 1.54) is 13.7 Å². The molecule has 2 aromatic carbocycles. The number of benzene rings is 2. The number of carbonyl (C=O) groups is 2. The number of aromatic nitrogens is 4. The van der Waals surface area contributed by atoms with Crippen molar-refractivity contribution < 1.29 is 14.7 Å². The van der Waals surface area contributed by atoms with E-state index >= 15 is 0 Å². The summed E-state index contributed by atoms with van der Waals surface area (Å²) < 4.78 is 5.76. The number of piperidine rings is 1. The number of imidazole rings is 1. The highest BCUT2D eigenvalue weighted by Gasteiger charge is 2.29. The zero-order valence-electron chi connectivity index (χ0n) is 22.9. The Morgan fingerprint density at radius 2 is 1.62 bits per heavy atom. The third kappa shape index (κ3) is 4.34. The molecule has 3 heterocycles. The minimum absolute atomic E-state index is 0.190. The number of aryl methyl sites for hydroxylation is 4. The second kappa shape index (κ2) is 10.3. The van der Waals surface area contributed by atoms with Crippen molar-refractivity contribution >= 4 is 39.4 Å². The number of hydrogen-bond acceptors (Lipinski definition) is 6. The van der Waals surface area contributed by atoms with E-state index < -0.39 is 18.2 Å². The molecule has 2 N–H and O–H groups in total. The van der Waals surface area contributed by atoms with E-state index in [1.54, 1.807) is 47.8 Å². The van der Waals surface area contributed by atoms with Crippen molar-refractivity contribution in [1.29, 1.82) is 0 Å². The Hall–Kier alpha value is -4.45. The van der Waals surface area contributed by atoms with Gasteiger partial charge in [0.25, 0.3) is 11.5 Å². The van der Waals surface area contributed by atoms with E-state index in [1.807, 2.05) is 19.9 Å². The summed E-state index contributed by atoms with van der Waals surface area (Å²) in [7, 11) is 3.26. The van der Waals surface area contributed by atoms with Gasteiger partial charge in [-0.15, -0.1) is 0 Å². The van der Waals surface area contributed by atoms with E-state index in [-0.39, 0.29) is 47.5 Å². The van der Waals surface area contributed by atoms with Gasteiger partial charge in [0.05, 0.1) is 33.2 Å². The quantitative estimate of drug-likeness (QED) is 0.383. The van der Waals surface area contributed by atoms with Crippen LogP contribution < -0.4 is 22.3 Å². The maximum absolute atomic E-state index is 13.8. The Morgan fingerprint density at radius 1 is 0.950 bits per heavy atom. The second-order valence-electron chi connectivity index (χ2n) is 10.2. The summed E-state index contributed by atoms with van der Waals surface area (Å²) in [4.78, 5) is 66.6. The van der Waals surface area contributed by atoms with Crippen LogP contribution >= 0.6 is 0 Å². The van der Waals surface area contributed by atoms with Gasteiger partial charge in [0, 0.05) is 39.8 Å². The summed E-state index contributed by atoms with van der Waals surface area (Å²) >= 11 is 0. The van der Waals surface area contributed by atoms with E-state index in [9.17, 15) is 29.1 Å². The third-order valence-corrected chi connectivity index (χ3v) is 7.82. The van der Waals surface area contributed by atoms with Crippen molar-refractivity contribution in [3.8, 4) is 0 Å².